The molecule has 0 aliphatic carbocycles. The maximum atomic E-state index is 12.3. The summed E-state index contributed by atoms with van der Waals surface area (Å²) in [6.07, 6.45) is 0. The van der Waals surface area contributed by atoms with Crippen molar-refractivity contribution in [3.63, 3.8) is 0 Å². The van der Waals surface area contributed by atoms with Crippen molar-refractivity contribution in [2.75, 3.05) is 6.61 Å². The lowest BCUT2D eigenvalue weighted by atomic mass is 10.1. The monoisotopic (exact) mass is 413 g/mol. The van der Waals surface area contributed by atoms with E-state index < -0.39 is 0 Å². The van der Waals surface area contributed by atoms with Gasteiger partial charge in [0.2, 0.25) is 0 Å². The van der Waals surface area contributed by atoms with E-state index >= 15 is 0 Å². The van der Waals surface area contributed by atoms with Crippen LogP contribution in [0.2, 0.25) is 0 Å². The van der Waals surface area contributed by atoms with Crippen molar-refractivity contribution in [3.8, 4) is 17.0 Å². The van der Waals surface area contributed by atoms with Crippen LogP contribution in [0.1, 0.15) is 18.5 Å². The highest BCUT2D eigenvalue weighted by Gasteiger charge is 2.12. The van der Waals surface area contributed by atoms with E-state index in [1.165, 1.54) is 4.68 Å². The van der Waals surface area contributed by atoms with E-state index in [4.69, 9.17) is 4.74 Å². The molecule has 1 N–H and O–H groups in total. The average Bonchev–Trinajstić information content (AvgIpc) is 2.81. The number of carbonyl (C=O) groups is 1. The third kappa shape index (κ3) is 4.48. The van der Waals surface area contributed by atoms with E-state index in [9.17, 15) is 9.59 Å². The Labute approximate surface area is 180 Å². The van der Waals surface area contributed by atoms with Crippen LogP contribution < -0.4 is 15.6 Å². The number of aryl methyl sites for hydroxylation is 1. The topological polar surface area (TPSA) is 73.2 Å². The number of benzene rings is 3. The molecule has 4 aromatic rings. The summed E-state index contributed by atoms with van der Waals surface area (Å²) in [6.45, 7) is 1.87. The normalized spacial score (nSPS) is 11.8. The highest BCUT2D eigenvalue weighted by Crippen LogP contribution is 2.26. The average molecular weight is 413 g/mol. The summed E-state index contributed by atoms with van der Waals surface area (Å²) < 4.78 is 6.99. The van der Waals surface area contributed by atoms with Crippen LogP contribution in [0.15, 0.2) is 83.7 Å². The van der Waals surface area contributed by atoms with Crippen LogP contribution in [0.4, 0.5) is 0 Å². The molecule has 4 rings (SSSR count). The van der Waals surface area contributed by atoms with Gasteiger partial charge in [-0.05, 0) is 42.8 Å². The summed E-state index contributed by atoms with van der Waals surface area (Å²) in [4.78, 5) is 24.6. The Kier molecular flexibility index (Phi) is 5.80. The van der Waals surface area contributed by atoms with Gasteiger partial charge in [0.1, 0.15) is 5.75 Å². The second-order valence-electron chi connectivity index (χ2n) is 7.34. The Morgan fingerprint density at radius 2 is 1.61 bits per heavy atom. The van der Waals surface area contributed by atoms with Crippen LogP contribution >= 0.6 is 0 Å². The molecule has 1 aromatic heterocycles. The van der Waals surface area contributed by atoms with E-state index in [2.05, 4.69) is 10.4 Å². The van der Waals surface area contributed by atoms with Gasteiger partial charge in [0, 0.05) is 18.0 Å². The van der Waals surface area contributed by atoms with Gasteiger partial charge in [-0.2, -0.15) is 5.10 Å². The zero-order valence-corrected chi connectivity index (χ0v) is 17.4. The van der Waals surface area contributed by atoms with E-state index in [0.717, 1.165) is 22.2 Å². The molecule has 1 atom stereocenters. The third-order valence-electron chi connectivity index (χ3n) is 5.13. The van der Waals surface area contributed by atoms with Gasteiger partial charge in [0.25, 0.3) is 11.5 Å². The molecule has 0 spiro atoms. The summed E-state index contributed by atoms with van der Waals surface area (Å²) in [6, 6.07) is 24.4. The smallest absolute Gasteiger partial charge is 0.274 e. The number of nitrogens with zero attached hydrogens (tertiary/aromatic N) is 2. The van der Waals surface area contributed by atoms with E-state index in [1.54, 1.807) is 25.2 Å². The molecule has 31 heavy (non-hydrogen) atoms. The van der Waals surface area contributed by atoms with Crippen LogP contribution in [0.25, 0.3) is 22.0 Å². The number of rotatable bonds is 6. The van der Waals surface area contributed by atoms with Crippen LogP contribution in [-0.4, -0.2) is 22.3 Å². The molecule has 3 aromatic carbocycles. The highest BCUT2D eigenvalue weighted by atomic mass is 16.5. The van der Waals surface area contributed by atoms with E-state index in [1.807, 2.05) is 67.6 Å². The van der Waals surface area contributed by atoms with Crippen molar-refractivity contribution in [3.05, 3.63) is 94.8 Å². The van der Waals surface area contributed by atoms with Crippen LogP contribution in [0.3, 0.4) is 0 Å². The molecule has 0 aliphatic rings. The fraction of sp³-hybridized carbons (Fsp3) is 0.160. The fourth-order valence-electron chi connectivity index (χ4n) is 3.48. The Bertz CT molecular complexity index is 1260. The zero-order valence-electron chi connectivity index (χ0n) is 17.4. The van der Waals surface area contributed by atoms with E-state index in [0.29, 0.717) is 11.1 Å². The van der Waals surface area contributed by atoms with Gasteiger partial charge in [-0.3, -0.25) is 9.59 Å². The van der Waals surface area contributed by atoms with Crippen LogP contribution in [0, 0.1) is 0 Å². The number of aromatic nitrogens is 2. The number of amides is 1. The molecule has 0 aliphatic heterocycles. The molecule has 0 saturated carbocycles. The second kappa shape index (κ2) is 8.83. The Balaban J connectivity index is 1.45. The maximum Gasteiger partial charge on any atom is 0.274 e. The summed E-state index contributed by atoms with van der Waals surface area (Å²) >= 11 is 0. The number of hydrogen-bond donors (Lipinski definition) is 1. The van der Waals surface area contributed by atoms with Gasteiger partial charge in [-0.1, -0.05) is 48.5 Å². The number of nitrogens with one attached hydrogen (secondary N) is 1. The largest absolute Gasteiger partial charge is 0.484 e. The number of carbonyl (C=O) groups excluding carboxylic acids is 1. The van der Waals surface area contributed by atoms with Crippen molar-refractivity contribution in [2.45, 2.75) is 13.0 Å². The van der Waals surface area contributed by atoms with Gasteiger partial charge in [-0.15, -0.1) is 0 Å². The predicted octanol–water partition coefficient (Wildman–Crippen LogP) is 3.86. The maximum absolute atomic E-state index is 12.3. The third-order valence-corrected chi connectivity index (χ3v) is 5.13. The van der Waals surface area contributed by atoms with Gasteiger partial charge in [0.05, 0.1) is 17.1 Å². The summed E-state index contributed by atoms with van der Waals surface area (Å²) in [7, 11) is 1.64. The molecule has 0 unspecified atom stereocenters. The number of hydrogen-bond acceptors (Lipinski definition) is 4. The number of fused-ring (bicyclic) bond motifs is 1. The molecule has 1 heterocycles. The summed E-state index contributed by atoms with van der Waals surface area (Å²) in [5, 5.41) is 8.79. The Morgan fingerprint density at radius 3 is 2.32 bits per heavy atom. The lowest BCUT2D eigenvalue weighted by Crippen LogP contribution is -2.31. The van der Waals surface area contributed by atoms with Crippen molar-refractivity contribution in [1.29, 1.82) is 0 Å². The van der Waals surface area contributed by atoms with Crippen molar-refractivity contribution < 1.29 is 9.53 Å². The molecule has 0 bridgehead atoms. The summed E-state index contributed by atoms with van der Waals surface area (Å²) in [5.41, 5.74) is 2.49. The Hall–Kier alpha value is -3.93. The Morgan fingerprint density at radius 1 is 0.968 bits per heavy atom. The first-order chi connectivity index (χ1) is 15.0. The molecule has 1 amide bonds. The van der Waals surface area contributed by atoms with Gasteiger partial charge in [0.15, 0.2) is 6.61 Å². The second-order valence-corrected chi connectivity index (χ2v) is 7.34. The molecule has 0 fully saturated rings. The van der Waals surface area contributed by atoms with Crippen molar-refractivity contribution >= 4 is 16.7 Å². The first kappa shape index (κ1) is 20.3. The van der Waals surface area contributed by atoms with Gasteiger partial charge in [-0.25, -0.2) is 4.68 Å². The summed E-state index contributed by atoms with van der Waals surface area (Å²) in [5.74, 6) is 0.395. The first-order valence-corrected chi connectivity index (χ1v) is 10.1. The molecule has 0 saturated heterocycles. The van der Waals surface area contributed by atoms with Crippen LogP contribution in [0.5, 0.6) is 5.75 Å². The quantitative estimate of drug-likeness (QED) is 0.521. The standard InChI is InChI=1S/C25H23N3O3/c1-17(18-8-4-3-5-9-18)26-23(29)16-31-20-14-12-19(13-15-20)24-21-10-6-7-11-22(21)25(30)28(2)27-24/h3-15,17H,16H2,1-2H3,(H,26,29)/t17-/m1/s1. The molecular formula is C25H23N3O3. The van der Waals surface area contributed by atoms with Crippen molar-refractivity contribution in [1.82, 2.24) is 15.1 Å². The first-order valence-electron chi connectivity index (χ1n) is 10.1. The molecule has 6 nitrogen and oxygen atoms in total. The van der Waals surface area contributed by atoms with Crippen LogP contribution in [-0.2, 0) is 11.8 Å². The minimum atomic E-state index is -0.189. The minimum absolute atomic E-state index is 0.0719. The highest BCUT2D eigenvalue weighted by molar-refractivity contribution is 5.93. The minimum Gasteiger partial charge on any atom is -0.484 e. The van der Waals surface area contributed by atoms with Crippen molar-refractivity contribution in [2.24, 2.45) is 7.05 Å². The molecule has 6 heteroatoms. The molecule has 156 valence electrons. The molecular weight excluding hydrogens is 390 g/mol. The fourth-order valence-corrected chi connectivity index (χ4v) is 3.48. The SMILES string of the molecule is C[C@@H](NC(=O)COc1ccc(-c2nn(C)c(=O)c3ccccc23)cc1)c1ccccc1. The lowest BCUT2D eigenvalue weighted by molar-refractivity contribution is -0.123. The zero-order chi connectivity index (χ0) is 21.8. The lowest BCUT2D eigenvalue weighted by Gasteiger charge is -2.15. The van der Waals surface area contributed by atoms with Gasteiger partial charge < -0.3 is 10.1 Å². The van der Waals surface area contributed by atoms with E-state index in [-0.39, 0.29) is 24.1 Å². The number of ether oxygens (including phenoxy) is 1. The molecule has 0 radical (unpaired) electrons. The van der Waals surface area contributed by atoms with Gasteiger partial charge >= 0.3 is 0 Å². The predicted molar refractivity (Wildman–Crippen MR) is 121 cm³/mol.